The molecule has 0 bridgehead atoms. The number of hydrogen-bond donors (Lipinski definition) is 1. The van der Waals surface area contributed by atoms with Gasteiger partial charge in [-0.1, -0.05) is 12.1 Å². The molecule has 0 fully saturated rings. The van der Waals surface area contributed by atoms with Crippen LogP contribution in [0.25, 0.3) is 0 Å². The van der Waals surface area contributed by atoms with E-state index in [9.17, 15) is 19.7 Å². The molecule has 0 aliphatic heterocycles. The third kappa shape index (κ3) is 5.93. The summed E-state index contributed by atoms with van der Waals surface area (Å²) in [4.78, 5) is 35.0. The Morgan fingerprint density at radius 3 is 2.45 bits per heavy atom. The third-order valence-corrected chi connectivity index (χ3v) is 3.97. The maximum atomic E-state index is 12.3. The quantitative estimate of drug-likeness (QED) is 0.389. The van der Waals surface area contributed by atoms with E-state index in [1.165, 1.54) is 19.1 Å². The fourth-order valence-electron chi connectivity index (χ4n) is 2.42. The van der Waals surface area contributed by atoms with Crippen molar-refractivity contribution < 1.29 is 28.7 Å². The van der Waals surface area contributed by atoms with E-state index in [-0.39, 0.29) is 30.2 Å². The maximum absolute atomic E-state index is 12.3. The molecular weight excluding hydrogens is 380 g/mol. The van der Waals surface area contributed by atoms with Gasteiger partial charge in [0, 0.05) is 12.6 Å². The number of amides is 1. The summed E-state index contributed by atoms with van der Waals surface area (Å²) in [5, 5.41) is 13.8. The fraction of sp³-hybridized carbons (Fsp3) is 0.300. The molecule has 9 nitrogen and oxygen atoms in total. The Bertz CT molecular complexity index is 881. The van der Waals surface area contributed by atoms with Gasteiger partial charge in [-0.3, -0.25) is 14.9 Å². The smallest absolute Gasteiger partial charge is 0.339 e. The summed E-state index contributed by atoms with van der Waals surface area (Å²) in [7, 11) is 1.56. The Kier molecular flexibility index (Phi) is 7.53. The lowest BCUT2D eigenvalue weighted by molar-refractivity contribution is -0.385. The predicted molar refractivity (Wildman–Crippen MR) is 104 cm³/mol. The van der Waals surface area contributed by atoms with Crippen molar-refractivity contribution in [3.8, 4) is 11.5 Å². The Labute approximate surface area is 167 Å². The van der Waals surface area contributed by atoms with Crippen LogP contribution in [0.2, 0.25) is 0 Å². The van der Waals surface area contributed by atoms with Crippen LogP contribution in [0, 0.1) is 10.1 Å². The molecule has 0 unspecified atom stereocenters. The standard InChI is InChI=1S/C20H22N2O7/c1-4-28-18-10-7-15(11-17(18)22(25)26)20(24)29-13(2)19(23)21-12-14-5-8-16(27-3)9-6-14/h5-11,13H,4,12H2,1-3H3,(H,21,23)/t13-/m0/s1. The predicted octanol–water partition coefficient (Wildman–Crippen LogP) is 2.86. The summed E-state index contributed by atoms with van der Waals surface area (Å²) in [6, 6.07) is 10.9. The molecule has 2 rings (SSSR count). The molecule has 0 aliphatic carbocycles. The average molecular weight is 402 g/mol. The summed E-state index contributed by atoms with van der Waals surface area (Å²) >= 11 is 0. The van der Waals surface area contributed by atoms with Crippen LogP contribution in [-0.4, -0.2) is 36.6 Å². The first kappa shape index (κ1) is 21.7. The summed E-state index contributed by atoms with van der Waals surface area (Å²) in [6.07, 6.45) is -1.08. The van der Waals surface area contributed by atoms with Crippen LogP contribution in [0.1, 0.15) is 29.8 Å². The van der Waals surface area contributed by atoms with Crippen LogP contribution in [0.4, 0.5) is 5.69 Å². The molecular formula is C20H22N2O7. The van der Waals surface area contributed by atoms with Crippen LogP contribution in [-0.2, 0) is 16.1 Å². The number of nitrogens with zero attached hydrogens (tertiary/aromatic N) is 1. The molecule has 0 radical (unpaired) electrons. The van der Waals surface area contributed by atoms with Crippen LogP contribution >= 0.6 is 0 Å². The molecule has 0 heterocycles. The number of methoxy groups -OCH3 is 1. The highest BCUT2D eigenvalue weighted by atomic mass is 16.6. The van der Waals surface area contributed by atoms with Crippen molar-refractivity contribution in [2.45, 2.75) is 26.5 Å². The van der Waals surface area contributed by atoms with Crippen LogP contribution < -0.4 is 14.8 Å². The van der Waals surface area contributed by atoms with Gasteiger partial charge in [-0.2, -0.15) is 0 Å². The molecule has 2 aromatic carbocycles. The van der Waals surface area contributed by atoms with Gasteiger partial charge in [-0.25, -0.2) is 4.79 Å². The molecule has 0 saturated heterocycles. The minimum Gasteiger partial charge on any atom is -0.497 e. The number of hydrogen-bond acceptors (Lipinski definition) is 7. The SMILES string of the molecule is CCOc1ccc(C(=O)O[C@@H](C)C(=O)NCc2ccc(OC)cc2)cc1[N+](=O)[O-]. The van der Waals surface area contributed by atoms with E-state index in [2.05, 4.69) is 5.32 Å². The second-order valence-corrected chi connectivity index (χ2v) is 5.99. The summed E-state index contributed by atoms with van der Waals surface area (Å²) in [6.45, 7) is 3.61. The first-order valence-corrected chi connectivity index (χ1v) is 8.88. The van der Waals surface area contributed by atoms with Crippen molar-refractivity contribution in [3.63, 3.8) is 0 Å². The minimum absolute atomic E-state index is 0.0463. The number of rotatable bonds is 9. The maximum Gasteiger partial charge on any atom is 0.339 e. The van der Waals surface area contributed by atoms with E-state index in [1.54, 1.807) is 38.3 Å². The van der Waals surface area contributed by atoms with E-state index in [0.29, 0.717) is 5.75 Å². The van der Waals surface area contributed by atoms with E-state index in [0.717, 1.165) is 11.6 Å². The first-order chi connectivity index (χ1) is 13.8. The minimum atomic E-state index is -1.08. The number of ether oxygens (including phenoxy) is 3. The van der Waals surface area contributed by atoms with E-state index in [4.69, 9.17) is 14.2 Å². The molecule has 29 heavy (non-hydrogen) atoms. The van der Waals surface area contributed by atoms with Gasteiger partial charge < -0.3 is 19.5 Å². The van der Waals surface area contributed by atoms with Gasteiger partial charge in [0.05, 0.1) is 24.2 Å². The number of carbonyl (C=O) groups is 2. The molecule has 0 aliphatic rings. The van der Waals surface area contributed by atoms with Gasteiger partial charge in [0.25, 0.3) is 5.91 Å². The number of nitro groups is 1. The zero-order valence-electron chi connectivity index (χ0n) is 16.3. The Morgan fingerprint density at radius 1 is 1.17 bits per heavy atom. The Hall–Kier alpha value is -3.62. The monoisotopic (exact) mass is 402 g/mol. The number of esters is 1. The van der Waals surface area contributed by atoms with Crippen molar-refractivity contribution in [2.24, 2.45) is 0 Å². The second-order valence-electron chi connectivity index (χ2n) is 5.99. The lowest BCUT2D eigenvalue weighted by atomic mass is 10.2. The van der Waals surface area contributed by atoms with Crippen LogP contribution in [0.3, 0.4) is 0 Å². The third-order valence-electron chi connectivity index (χ3n) is 3.97. The van der Waals surface area contributed by atoms with Gasteiger partial charge in [0.15, 0.2) is 11.9 Å². The molecule has 1 atom stereocenters. The van der Waals surface area contributed by atoms with Crippen molar-refractivity contribution in [1.82, 2.24) is 5.32 Å². The highest BCUT2D eigenvalue weighted by Gasteiger charge is 2.22. The van der Waals surface area contributed by atoms with Gasteiger partial charge in [0.2, 0.25) is 0 Å². The second kappa shape index (κ2) is 10.1. The van der Waals surface area contributed by atoms with E-state index in [1.807, 2.05) is 0 Å². The fourth-order valence-corrected chi connectivity index (χ4v) is 2.42. The normalized spacial score (nSPS) is 11.3. The molecule has 0 spiro atoms. The average Bonchev–Trinajstić information content (AvgIpc) is 2.72. The van der Waals surface area contributed by atoms with Crippen molar-refractivity contribution >= 4 is 17.6 Å². The molecule has 2 aromatic rings. The number of nitrogens with one attached hydrogen (secondary N) is 1. The molecule has 1 amide bonds. The molecule has 1 N–H and O–H groups in total. The van der Waals surface area contributed by atoms with Gasteiger partial charge >= 0.3 is 11.7 Å². The topological polar surface area (TPSA) is 117 Å². The highest BCUT2D eigenvalue weighted by molar-refractivity contribution is 5.93. The highest BCUT2D eigenvalue weighted by Crippen LogP contribution is 2.28. The van der Waals surface area contributed by atoms with Gasteiger partial charge in [-0.05, 0) is 43.7 Å². The number of benzene rings is 2. The van der Waals surface area contributed by atoms with Crippen LogP contribution in [0.15, 0.2) is 42.5 Å². The van der Waals surface area contributed by atoms with Gasteiger partial charge in [-0.15, -0.1) is 0 Å². The largest absolute Gasteiger partial charge is 0.497 e. The van der Waals surface area contributed by atoms with E-state index >= 15 is 0 Å². The summed E-state index contributed by atoms with van der Waals surface area (Å²) in [5.74, 6) is -0.580. The molecule has 9 heteroatoms. The lowest BCUT2D eigenvalue weighted by Gasteiger charge is -2.14. The van der Waals surface area contributed by atoms with Crippen molar-refractivity contribution in [2.75, 3.05) is 13.7 Å². The lowest BCUT2D eigenvalue weighted by Crippen LogP contribution is -2.35. The van der Waals surface area contributed by atoms with Gasteiger partial charge in [0.1, 0.15) is 5.75 Å². The number of nitro benzene ring substituents is 1. The number of carbonyl (C=O) groups excluding carboxylic acids is 2. The zero-order chi connectivity index (χ0) is 21.4. The summed E-state index contributed by atoms with van der Waals surface area (Å²) < 4.78 is 15.4. The van der Waals surface area contributed by atoms with E-state index < -0.39 is 22.9 Å². The summed E-state index contributed by atoms with van der Waals surface area (Å²) in [5.41, 5.74) is 0.452. The van der Waals surface area contributed by atoms with Crippen molar-refractivity contribution in [1.29, 1.82) is 0 Å². The van der Waals surface area contributed by atoms with Crippen LogP contribution in [0.5, 0.6) is 11.5 Å². The molecule has 0 saturated carbocycles. The molecule has 0 aromatic heterocycles. The van der Waals surface area contributed by atoms with Crippen molar-refractivity contribution in [3.05, 3.63) is 63.7 Å². The Morgan fingerprint density at radius 2 is 1.86 bits per heavy atom. The Balaban J connectivity index is 1.97. The zero-order valence-corrected chi connectivity index (χ0v) is 16.3. The molecule has 154 valence electrons. The first-order valence-electron chi connectivity index (χ1n) is 8.88.